The molecule has 0 unspecified atom stereocenters. The minimum atomic E-state index is -0.374. The molecule has 0 aliphatic rings. The second-order valence-electron chi connectivity index (χ2n) is 3.14. The van der Waals surface area contributed by atoms with Crippen molar-refractivity contribution in [2.45, 2.75) is 6.54 Å². The lowest BCUT2D eigenvalue weighted by Crippen LogP contribution is -2.39. The van der Waals surface area contributed by atoms with Gasteiger partial charge in [0.25, 0.3) is 5.91 Å². The Balaban J connectivity index is 2.23. The van der Waals surface area contributed by atoms with Gasteiger partial charge in [-0.15, -0.1) is 0 Å². The molecule has 5 nitrogen and oxygen atoms in total. The van der Waals surface area contributed by atoms with Crippen LogP contribution >= 0.6 is 0 Å². The molecule has 0 aromatic heterocycles. The second kappa shape index (κ2) is 6.44. The molecule has 0 aliphatic heterocycles. The summed E-state index contributed by atoms with van der Waals surface area (Å²) in [6, 6.07) is 9.15. The van der Waals surface area contributed by atoms with E-state index in [1.54, 1.807) is 0 Å². The molecular weight excluding hydrogens is 206 g/mol. The van der Waals surface area contributed by atoms with Gasteiger partial charge in [-0.3, -0.25) is 10.1 Å². The van der Waals surface area contributed by atoms with Gasteiger partial charge in [0, 0.05) is 13.6 Å². The van der Waals surface area contributed by atoms with Gasteiger partial charge in [-0.25, -0.2) is 4.79 Å². The van der Waals surface area contributed by atoms with Gasteiger partial charge in [-0.2, -0.15) is 0 Å². The zero-order valence-electron chi connectivity index (χ0n) is 9.06. The number of amides is 3. The van der Waals surface area contributed by atoms with Crippen LogP contribution in [0.1, 0.15) is 5.56 Å². The molecule has 0 heterocycles. The number of carbonyl (C=O) groups excluding carboxylic acids is 2. The molecule has 85 valence electrons. The number of nitrogens with one attached hydrogen (secondary N) is 2. The Morgan fingerprint density at radius 2 is 1.88 bits per heavy atom. The van der Waals surface area contributed by atoms with E-state index < -0.39 is 0 Å². The second-order valence-corrected chi connectivity index (χ2v) is 3.14. The maximum Gasteiger partial charge on any atom is 0.315 e. The Morgan fingerprint density at radius 1 is 1.19 bits per heavy atom. The lowest BCUT2D eigenvalue weighted by Gasteiger charge is -2.06. The van der Waals surface area contributed by atoms with E-state index in [1.807, 2.05) is 30.3 Å². The van der Waals surface area contributed by atoms with E-state index in [9.17, 15) is 9.59 Å². The van der Waals surface area contributed by atoms with Crippen molar-refractivity contribution in [1.29, 1.82) is 0 Å². The molecule has 1 aromatic carbocycles. The van der Waals surface area contributed by atoms with Crippen molar-refractivity contribution in [1.82, 2.24) is 16.0 Å². The van der Waals surface area contributed by atoms with E-state index in [4.69, 9.17) is 0 Å². The molecular formula is C11H14N3O2. The molecule has 0 fully saturated rings. The SMILES string of the molecule is C[N]C(=O)CNC(=O)NCc1ccccc1. The molecule has 1 rings (SSSR count). The summed E-state index contributed by atoms with van der Waals surface area (Å²) in [5, 5.41) is 8.44. The van der Waals surface area contributed by atoms with Gasteiger partial charge in [0.1, 0.15) is 6.54 Å². The van der Waals surface area contributed by atoms with E-state index in [0.29, 0.717) is 6.54 Å². The summed E-state index contributed by atoms with van der Waals surface area (Å²) in [5.41, 5.74) is 1.00. The summed E-state index contributed by atoms with van der Waals surface area (Å²) in [5.74, 6) is -0.352. The molecule has 1 aromatic rings. The molecule has 0 saturated carbocycles. The van der Waals surface area contributed by atoms with Gasteiger partial charge in [0.05, 0.1) is 0 Å². The van der Waals surface area contributed by atoms with Gasteiger partial charge in [-0.05, 0) is 5.56 Å². The van der Waals surface area contributed by atoms with Crippen LogP contribution in [-0.4, -0.2) is 25.5 Å². The third-order valence-corrected chi connectivity index (χ3v) is 1.95. The molecule has 0 aliphatic carbocycles. The van der Waals surface area contributed by atoms with E-state index in [0.717, 1.165) is 5.56 Å². The Kier molecular flexibility index (Phi) is 4.85. The van der Waals surface area contributed by atoms with Crippen molar-refractivity contribution in [3.63, 3.8) is 0 Å². The maximum atomic E-state index is 11.2. The van der Waals surface area contributed by atoms with Gasteiger partial charge in [0.2, 0.25) is 0 Å². The van der Waals surface area contributed by atoms with E-state index in [2.05, 4.69) is 16.0 Å². The topological polar surface area (TPSA) is 72.3 Å². The van der Waals surface area contributed by atoms with Gasteiger partial charge in [0.15, 0.2) is 0 Å². The van der Waals surface area contributed by atoms with Gasteiger partial charge < -0.3 is 10.6 Å². The average Bonchev–Trinajstić information content (AvgIpc) is 2.34. The predicted octanol–water partition coefficient (Wildman–Crippen LogP) is 0.247. The molecule has 0 bridgehead atoms. The summed E-state index contributed by atoms with van der Waals surface area (Å²) < 4.78 is 0. The highest BCUT2D eigenvalue weighted by Gasteiger charge is 2.03. The summed E-state index contributed by atoms with van der Waals surface area (Å²) in [4.78, 5) is 22.0. The summed E-state index contributed by atoms with van der Waals surface area (Å²) in [6.45, 7) is 0.362. The third kappa shape index (κ3) is 4.45. The molecule has 0 saturated heterocycles. The molecule has 5 heteroatoms. The van der Waals surface area contributed by atoms with Crippen LogP contribution in [0.25, 0.3) is 0 Å². The van der Waals surface area contributed by atoms with Crippen LogP contribution in [0.2, 0.25) is 0 Å². The number of benzene rings is 1. The zero-order chi connectivity index (χ0) is 11.8. The molecule has 3 amide bonds. The van der Waals surface area contributed by atoms with Crippen molar-refractivity contribution in [2.24, 2.45) is 0 Å². The predicted molar refractivity (Wildman–Crippen MR) is 59.7 cm³/mol. The first kappa shape index (κ1) is 12.0. The number of rotatable bonds is 4. The fourth-order valence-corrected chi connectivity index (χ4v) is 1.08. The van der Waals surface area contributed by atoms with Crippen LogP contribution in [0, 0.1) is 0 Å². The molecule has 0 spiro atoms. The van der Waals surface area contributed by atoms with Crippen molar-refractivity contribution >= 4 is 11.9 Å². The minimum Gasteiger partial charge on any atom is -0.334 e. The highest BCUT2D eigenvalue weighted by atomic mass is 16.2. The maximum absolute atomic E-state index is 11.2. The lowest BCUT2D eigenvalue weighted by molar-refractivity contribution is -0.119. The number of carbonyl (C=O) groups is 2. The molecule has 16 heavy (non-hydrogen) atoms. The van der Waals surface area contributed by atoms with Crippen molar-refractivity contribution < 1.29 is 9.59 Å². The van der Waals surface area contributed by atoms with Crippen LogP contribution < -0.4 is 16.0 Å². The number of hydrogen-bond acceptors (Lipinski definition) is 2. The first-order valence-electron chi connectivity index (χ1n) is 4.90. The highest BCUT2D eigenvalue weighted by Crippen LogP contribution is 1.96. The third-order valence-electron chi connectivity index (χ3n) is 1.95. The fourth-order valence-electron chi connectivity index (χ4n) is 1.08. The van der Waals surface area contributed by atoms with Crippen LogP contribution in [0.15, 0.2) is 30.3 Å². The summed E-state index contributed by atoms with van der Waals surface area (Å²) >= 11 is 0. The standard InChI is InChI=1S/C11H14N3O2/c1-12-10(15)8-14-11(16)13-7-9-5-3-2-4-6-9/h2-6H,7-8H2,1H3,(H2,13,14,16). The number of nitrogens with zero attached hydrogens (tertiary/aromatic N) is 1. The first-order valence-corrected chi connectivity index (χ1v) is 4.90. The van der Waals surface area contributed by atoms with Gasteiger partial charge in [-0.1, -0.05) is 30.3 Å². The Morgan fingerprint density at radius 3 is 2.50 bits per heavy atom. The van der Waals surface area contributed by atoms with Gasteiger partial charge >= 0.3 is 6.03 Å². The number of likely N-dealkylation sites (N-methyl/N-ethyl adjacent to an activating group) is 1. The zero-order valence-corrected chi connectivity index (χ0v) is 9.06. The summed E-state index contributed by atoms with van der Waals surface area (Å²) in [7, 11) is 1.39. The average molecular weight is 220 g/mol. The monoisotopic (exact) mass is 220 g/mol. The number of hydrogen-bond donors (Lipinski definition) is 2. The lowest BCUT2D eigenvalue weighted by atomic mass is 10.2. The van der Waals surface area contributed by atoms with Crippen molar-refractivity contribution in [2.75, 3.05) is 13.6 Å². The molecule has 1 radical (unpaired) electrons. The molecule has 0 atom stereocenters. The van der Waals surface area contributed by atoms with E-state index in [-0.39, 0.29) is 18.5 Å². The first-order chi connectivity index (χ1) is 7.72. The van der Waals surface area contributed by atoms with Crippen LogP contribution in [0.4, 0.5) is 4.79 Å². The van der Waals surface area contributed by atoms with Crippen molar-refractivity contribution in [3.05, 3.63) is 35.9 Å². The Labute approximate surface area is 94.2 Å². The van der Waals surface area contributed by atoms with E-state index >= 15 is 0 Å². The van der Waals surface area contributed by atoms with Crippen LogP contribution in [0.3, 0.4) is 0 Å². The Bertz CT molecular complexity index is 352. The normalized spacial score (nSPS) is 9.31. The highest BCUT2D eigenvalue weighted by molar-refractivity contribution is 5.83. The van der Waals surface area contributed by atoms with Crippen LogP contribution in [-0.2, 0) is 11.3 Å². The fraction of sp³-hybridized carbons (Fsp3) is 0.273. The minimum absolute atomic E-state index is 0.0723. The number of urea groups is 1. The smallest absolute Gasteiger partial charge is 0.315 e. The summed E-state index contributed by atoms with van der Waals surface area (Å²) in [6.07, 6.45) is 0. The Hall–Kier alpha value is -2.04. The van der Waals surface area contributed by atoms with Crippen LogP contribution in [0.5, 0.6) is 0 Å². The van der Waals surface area contributed by atoms with Crippen molar-refractivity contribution in [3.8, 4) is 0 Å². The van der Waals surface area contributed by atoms with E-state index in [1.165, 1.54) is 7.05 Å². The quantitative estimate of drug-likeness (QED) is 0.763. The largest absolute Gasteiger partial charge is 0.334 e. The molecule has 2 N–H and O–H groups in total.